The highest BCUT2D eigenvalue weighted by atomic mass is 16.2. The van der Waals surface area contributed by atoms with Gasteiger partial charge in [-0.05, 0) is 6.42 Å². The third-order valence-corrected chi connectivity index (χ3v) is 1.37. The van der Waals surface area contributed by atoms with Crippen molar-refractivity contribution in [2.45, 2.75) is 19.3 Å². The van der Waals surface area contributed by atoms with E-state index in [1.54, 1.807) is 4.58 Å². The fourth-order valence-corrected chi connectivity index (χ4v) is 0.883. The molecule has 0 N–H and O–H groups in total. The van der Waals surface area contributed by atoms with Crippen LogP contribution in [0, 0.1) is 0 Å². The maximum Gasteiger partial charge on any atom is 0.374 e. The predicted molar refractivity (Wildman–Crippen MR) is 31.1 cm³/mol. The first-order valence-corrected chi connectivity index (χ1v) is 2.98. The van der Waals surface area contributed by atoms with Gasteiger partial charge in [0.2, 0.25) is 0 Å². The molecule has 0 unspecified atom stereocenters. The van der Waals surface area contributed by atoms with Crippen molar-refractivity contribution in [2.24, 2.45) is 0 Å². The maximum absolute atomic E-state index is 10.1. The Bertz CT molecular complexity index is 118. The number of carbonyl (C=O) groups is 1. The van der Waals surface area contributed by atoms with Gasteiger partial charge < -0.3 is 0 Å². The highest BCUT2D eigenvalue weighted by molar-refractivity contribution is 5.57. The molecule has 0 aliphatic carbocycles. The first-order chi connectivity index (χ1) is 3.93. The van der Waals surface area contributed by atoms with Gasteiger partial charge in [0.05, 0.1) is 0 Å². The lowest BCUT2D eigenvalue weighted by atomic mass is 10.2. The second-order valence-corrected chi connectivity index (χ2v) is 2.02. The number of carbonyl (C=O) groups excluding carboxylic acids is 1. The topological polar surface area (TPSA) is 20.1 Å². The van der Waals surface area contributed by atoms with Gasteiger partial charge in [-0.3, -0.25) is 0 Å². The molecular formula is C6H10NO+. The summed E-state index contributed by atoms with van der Waals surface area (Å²) in [5.41, 5.74) is 0. The average Bonchev–Trinajstić information content (AvgIpc) is 1.90. The molecule has 1 aliphatic rings. The first kappa shape index (κ1) is 5.48. The van der Waals surface area contributed by atoms with Gasteiger partial charge in [-0.2, -0.15) is 4.58 Å². The predicted octanol–water partition coefficient (Wildman–Crippen LogP) is 0.410. The van der Waals surface area contributed by atoms with Crippen molar-refractivity contribution < 1.29 is 9.37 Å². The molecule has 0 bridgehead atoms. The van der Waals surface area contributed by atoms with Crippen molar-refractivity contribution in [2.75, 3.05) is 6.54 Å². The Morgan fingerprint density at radius 3 is 2.75 bits per heavy atom. The normalized spacial score (nSPS) is 19.8. The van der Waals surface area contributed by atoms with Gasteiger partial charge in [0.1, 0.15) is 6.21 Å². The number of hydrogen-bond acceptors (Lipinski definition) is 1. The summed E-state index contributed by atoms with van der Waals surface area (Å²) in [4.78, 5) is 10.1. The Labute approximate surface area is 48.8 Å². The molecule has 44 valence electrons. The molecule has 1 rings (SSSR count). The molecule has 0 saturated heterocycles. The molecule has 0 aromatic carbocycles. The first-order valence-electron chi connectivity index (χ1n) is 2.98. The van der Waals surface area contributed by atoms with E-state index in [1.807, 2.05) is 6.21 Å². The summed E-state index contributed by atoms with van der Waals surface area (Å²) in [6.45, 7) is 0.920. The van der Waals surface area contributed by atoms with Crippen LogP contribution < -0.4 is 0 Å². The standard InChI is InChI=1S/C6H10NO/c8-6-7-4-2-1-3-5-7/h4,6H,1-3,5H2/q+1/i6+1. The molecule has 0 aromatic heterocycles. The highest BCUT2D eigenvalue weighted by Crippen LogP contribution is 1.97. The second-order valence-electron chi connectivity index (χ2n) is 2.02. The number of hydrogen-bond donors (Lipinski definition) is 0. The van der Waals surface area contributed by atoms with E-state index in [-0.39, 0.29) is 0 Å². The van der Waals surface area contributed by atoms with Crippen molar-refractivity contribution in [3.8, 4) is 0 Å². The van der Waals surface area contributed by atoms with Crippen LogP contribution in [0.15, 0.2) is 0 Å². The van der Waals surface area contributed by atoms with Crippen molar-refractivity contribution in [1.82, 2.24) is 0 Å². The van der Waals surface area contributed by atoms with Gasteiger partial charge in [-0.25, -0.2) is 4.79 Å². The summed E-state index contributed by atoms with van der Waals surface area (Å²) >= 11 is 0. The van der Waals surface area contributed by atoms with E-state index >= 15 is 0 Å². The van der Waals surface area contributed by atoms with Crippen LogP contribution in [0.3, 0.4) is 0 Å². The molecule has 0 aromatic rings. The Hall–Kier alpha value is -0.660. The highest BCUT2D eigenvalue weighted by Gasteiger charge is 2.05. The van der Waals surface area contributed by atoms with Crippen LogP contribution in [-0.2, 0) is 4.79 Å². The SMILES string of the molecule is O=[13CH][N+]1=CCCCC1. The van der Waals surface area contributed by atoms with E-state index in [1.165, 1.54) is 6.42 Å². The van der Waals surface area contributed by atoms with E-state index in [2.05, 4.69) is 0 Å². The molecule has 1 heterocycles. The van der Waals surface area contributed by atoms with E-state index in [0.717, 1.165) is 25.8 Å². The largest absolute Gasteiger partial charge is 0.374 e. The Morgan fingerprint density at radius 1 is 1.50 bits per heavy atom. The van der Waals surface area contributed by atoms with Crippen LogP contribution in [0.1, 0.15) is 19.3 Å². The van der Waals surface area contributed by atoms with Crippen LogP contribution in [-0.4, -0.2) is 23.7 Å². The van der Waals surface area contributed by atoms with Crippen molar-refractivity contribution in [1.29, 1.82) is 0 Å². The van der Waals surface area contributed by atoms with E-state index < -0.39 is 0 Å². The summed E-state index contributed by atoms with van der Waals surface area (Å²) in [7, 11) is 0. The summed E-state index contributed by atoms with van der Waals surface area (Å²) in [5.74, 6) is 0. The van der Waals surface area contributed by atoms with Crippen molar-refractivity contribution in [3.63, 3.8) is 0 Å². The average molecular weight is 113 g/mol. The molecule has 1 amide bonds. The van der Waals surface area contributed by atoms with Gasteiger partial charge in [0, 0.05) is 12.8 Å². The van der Waals surface area contributed by atoms with E-state index in [0.29, 0.717) is 0 Å². The Balaban J connectivity index is 2.49. The second kappa shape index (κ2) is 2.60. The quantitative estimate of drug-likeness (QED) is 0.274. The van der Waals surface area contributed by atoms with Gasteiger partial charge >= 0.3 is 6.41 Å². The molecule has 0 atom stereocenters. The molecule has 2 heteroatoms. The van der Waals surface area contributed by atoms with Gasteiger partial charge in [-0.1, -0.05) is 0 Å². The minimum Gasteiger partial charge on any atom is -0.223 e. The van der Waals surface area contributed by atoms with Crippen LogP contribution in [0.25, 0.3) is 0 Å². The minimum atomic E-state index is 0.888. The lowest BCUT2D eigenvalue weighted by Crippen LogP contribution is -2.16. The van der Waals surface area contributed by atoms with Crippen molar-refractivity contribution >= 4 is 12.6 Å². The number of nitrogens with zero attached hydrogens (tertiary/aromatic N) is 1. The van der Waals surface area contributed by atoms with E-state index in [9.17, 15) is 4.79 Å². The minimum absolute atomic E-state index is 0.888. The summed E-state index contributed by atoms with van der Waals surface area (Å²) in [6.07, 6.45) is 6.31. The molecule has 2 nitrogen and oxygen atoms in total. The maximum atomic E-state index is 10.1. The molecule has 0 saturated carbocycles. The van der Waals surface area contributed by atoms with Crippen LogP contribution in [0.5, 0.6) is 0 Å². The van der Waals surface area contributed by atoms with Gasteiger partial charge in [-0.15, -0.1) is 0 Å². The third kappa shape index (κ3) is 1.15. The van der Waals surface area contributed by atoms with E-state index in [4.69, 9.17) is 0 Å². The van der Waals surface area contributed by atoms with Crippen LogP contribution in [0.2, 0.25) is 0 Å². The number of rotatable bonds is 1. The lowest BCUT2D eigenvalue weighted by Gasteiger charge is -1.99. The lowest BCUT2D eigenvalue weighted by molar-refractivity contribution is -0.434. The van der Waals surface area contributed by atoms with Crippen LogP contribution in [0.4, 0.5) is 0 Å². The zero-order valence-electron chi connectivity index (χ0n) is 4.84. The fourth-order valence-electron chi connectivity index (χ4n) is 0.883. The molecular weight excluding hydrogens is 103 g/mol. The molecule has 8 heavy (non-hydrogen) atoms. The molecule has 0 radical (unpaired) electrons. The number of amides is 1. The van der Waals surface area contributed by atoms with Gasteiger partial charge in [0.15, 0.2) is 6.54 Å². The summed E-state index contributed by atoms with van der Waals surface area (Å²) < 4.78 is 1.71. The van der Waals surface area contributed by atoms with Crippen LogP contribution >= 0.6 is 0 Å². The molecule has 0 spiro atoms. The summed E-state index contributed by atoms with van der Waals surface area (Å²) in [5, 5.41) is 0. The monoisotopic (exact) mass is 113 g/mol. The summed E-state index contributed by atoms with van der Waals surface area (Å²) in [6, 6.07) is 0. The Kier molecular flexibility index (Phi) is 1.78. The smallest absolute Gasteiger partial charge is 0.223 e. The van der Waals surface area contributed by atoms with Gasteiger partial charge in [0.25, 0.3) is 0 Å². The molecule has 1 aliphatic heterocycles. The fraction of sp³-hybridized carbons (Fsp3) is 0.667. The zero-order chi connectivity index (χ0) is 5.82. The van der Waals surface area contributed by atoms with Crippen molar-refractivity contribution in [3.05, 3.63) is 0 Å². The Morgan fingerprint density at radius 2 is 2.38 bits per heavy atom. The zero-order valence-corrected chi connectivity index (χ0v) is 4.84. The third-order valence-electron chi connectivity index (χ3n) is 1.37. The molecule has 0 fully saturated rings.